The Balaban J connectivity index is 1.61. The Hall–Kier alpha value is -1.46. The van der Waals surface area contributed by atoms with Gasteiger partial charge in [-0.3, -0.25) is 9.48 Å². The Morgan fingerprint density at radius 2 is 1.94 bits per heavy atom. The van der Waals surface area contributed by atoms with Crippen LogP contribution in [0.25, 0.3) is 0 Å². The van der Waals surface area contributed by atoms with Crippen LogP contribution in [0, 0.1) is 5.92 Å². The number of carbonyl (C=O) groups is 1. The zero-order valence-electron chi connectivity index (χ0n) is 19.6. The van der Waals surface area contributed by atoms with Crippen LogP contribution in [0.1, 0.15) is 89.0 Å². The number of nitrogens with one attached hydrogen (secondary N) is 1. The summed E-state index contributed by atoms with van der Waals surface area (Å²) in [5.74, 6) is 1.07. The van der Waals surface area contributed by atoms with Crippen LogP contribution >= 0.6 is 23.4 Å². The number of aryl methyl sites for hydroxylation is 1. The number of aromatic nitrogens is 2. The number of unbranched alkanes of at least 4 members (excludes halogenated alkanes) is 5. The molecule has 1 aliphatic rings. The second-order valence-electron chi connectivity index (χ2n) is 9.05. The molecule has 1 aliphatic carbocycles. The summed E-state index contributed by atoms with van der Waals surface area (Å²) >= 11 is 8.11. The number of carbonyl (C=O) groups excluding carboxylic acids is 1. The topological polar surface area (TPSA) is 46.9 Å². The first-order valence-electron chi connectivity index (χ1n) is 12.3. The lowest BCUT2D eigenvalue weighted by molar-refractivity contribution is -0.118. The summed E-state index contributed by atoms with van der Waals surface area (Å²) in [4.78, 5) is 14.4. The van der Waals surface area contributed by atoms with Crippen molar-refractivity contribution in [2.24, 2.45) is 5.92 Å². The van der Waals surface area contributed by atoms with Crippen molar-refractivity contribution in [2.45, 2.75) is 94.9 Å². The number of anilines is 1. The molecule has 1 aromatic carbocycles. The van der Waals surface area contributed by atoms with E-state index in [1.54, 1.807) is 11.8 Å². The Kier molecular flexibility index (Phi) is 10.5. The van der Waals surface area contributed by atoms with Crippen molar-refractivity contribution < 1.29 is 4.79 Å². The molecule has 0 aliphatic heterocycles. The highest BCUT2D eigenvalue weighted by atomic mass is 35.5. The fraction of sp³-hybridized carbons (Fsp3) is 0.615. The number of nitrogens with zero attached hydrogens (tertiary/aromatic N) is 2. The summed E-state index contributed by atoms with van der Waals surface area (Å²) in [5.41, 5.74) is 1.00. The third kappa shape index (κ3) is 7.55. The summed E-state index contributed by atoms with van der Waals surface area (Å²) in [5, 5.41) is 8.40. The van der Waals surface area contributed by atoms with E-state index in [4.69, 9.17) is 11.6 Å². The maximum absolute atomic E-state index is 13.3. The zero-order chi connectivity index (χ0) is 22.8. The summed E-state index contributed by atoms with van der Waals surface area (Å²) in [7, 11) is 0. The molecule has 0 saturated heterocycles. The van der Waals surface area contributed by atoms with Gasteiger partial charge < -0.3 is 5.32 Å². The van der Waals surface area contributed by atoms with Gasteiger partial charge in [-0.2, -0.15) is 5.10 Å². The van der Waals surface area contributed by atoms with Crippen molar-refractivity contribution in [1.29, 1.82) is 0 Å². The Morgan fingerprint density at radius 1 is 1.19 bits per heavy atom. The van der Waals surface area contributed by atoms with Crippen molar-refractivity contribution in [3.8, 4) is 0 Å². The molecule has 0 bridgehead atoms. The predicted molar refractivity (Wildman–Crippen MR) is 137 cm³/mol. The Morgan fingerprint density at radius 3 is 2.66 bits per heavy atom. The number of hydrogen-bond acceptors (Lipinski definition) is 3. The van der Waals surface area contributed by atoms with Gasteiger partial charge in [0.05, 0.1) is 10.9 Å². The van der Waals surface area contributed by atoms with E-state index in [1.807, 2.05) is 35.3 Å². The minimum absolute atomic E-state index is 0.0229. The van der Waals surface area contributed by atoms with Crippen molar-refractivity contribution in [2.75, 3.05) is 11.6 Å². The van der Waals surface area contributed by atoms with Crippen LogP contribution in [0.5, 0.6) is 0 Å². The van der Waals surface area contributed by atoms with Crippen LogP contribution in [0.2, 0.25) is 5.02 Å². The fourth-order valence-electron chi connectivity index (χ4n) is 4.69. The van der Waals surface area contributed by atoms with Gasteiger partial charge in [-0.15, -0.1) is 11.8 Å². The van der Waals surface area contributed by atoms with Gasteiger partial charge in [-0.25, -0.2) is 0 Å². The van der Waals surface area contributed by atoms with Crippen molar-refractivity contribution in [3.63, 3.8) is 0 Å². The van der Waals surface area contributed by atoms with Crippen molar-refractivity contribution >= 4 is 35.1 Å². The first kappa shape index (κ1) is 25.2. The van der Waals surface area contributed by atoms with Gasteiger partial charge in [0, 0.05) is 23.7 Å². The molecule has 1 fully saturated rings. The molecule has 1 heterocycles. The Bertz CT molecular complexity index is 847. The van der Waals surface area contributed by atoms with E-state index in [9.17, 15) is 4.79 Å². The lowest BCUT2D eigenvalue weighted by atomic mass is 9.87. The number of benzene rings is 1. The number of thioether (sulfide) groups is 1. The van der Waals surface area contributed by atoms with Crippen LogP contribution in [-0.4, -0.2) is 21.9 Å². The molecule has 1 amide bonds. The third-order valence-electron chi connectivity index (χ3n) is 6.57. The minimum atomic E-state index is -0.199. The largest absolute Gasteiger partial charge is 0.309 e. The highest BCUT2D eigenvalue weighted by molar-refractivity contribution is 7.98. The Labute approximate surface area is 202 Å². The third-order valence-corrected chi connectivity index (χ3v) is 7.79. The standard InChI is InChI=1S/C26H38ClN3OS/c1-3-4-5-6-7-10-16-30-17-15-25(29-30)28-26(31)22(18-20-11-8-9-12-20)21-13-14-24(32-2)23(27)19-21/h13-15,17,19-20,22H,3-12,16,18H2,1-2H3,(H,28,29,31). The zero-order valence-corrected chi connectivity index (χ0v) is 21.2. The monoisotopic (exact) mass is 475 g/mol. The summed E-state index contributed by atoms with van der Waals surface area (Å²) in [6, 6.07) is 7.98. The molecule has 1 aromatic heterocycles. The molecule has 3 rings (SSSR count). The molecule has 1 unspecified atom stereocenters. The molecule has 0 radical (unpaired) electrons. The lowest BCUT2D eigenvalue weighted by Gasteiger charge is -2.21. The lowest BCUT2D eigenvalue weighted by Crippen LogP contribution is -2.23. The van der Waals surface area contributed by atoms with E-state index in [2.05, 4.69) is 23.4 Å². The molecule has 4 nitrogen and oxygen atoms in total. The van der Waals surface area contributed by atoms with E-state index >= 15 is 0 Å². The molecule has 0 spiro atoms. The van der Waals surface area contributed by atoms with Crippen LogP contribution in [-0.2, 0) is 11.3 Å². The fourth-order valence-corrected chi connectivity index (χ4v) is 5.57. The smallest absolute Gasteiger partial charge is 0.233 e. The van der Waals surface area contributed by atoms with Gasteiger partial charge in [0.15, 0.2) is 5.82 Å². The maximum atomic E-state index is 13.3. The first-order valence-corrected chi connectivity index (χ1v) is 13.9. The maximum Gasteiger partial charge on any atom is 0.233 e. The van der Waals surface area contributed by atoms with Crippen LogP contribution < -0.4 is 5.32 Å². The summed E-state index contributed by atoms with van der Waals surface area (Å²) in [6.07, 6.45) is 17.4. The van der Waals surface area contributed by atoms with Gasteiger partial charge in [0.2, 0.25) is 5.91 Å². The molecule has 176 valence electrons. The molecule has 32 heavy (non-hydrogen) atoms. The number of rotatable bonds is 13. The molecule has 1 N–H and O–H groups in total. The normalized spacial score (nSPS) is 15.2. The second kappa shape index (κ2) is 13.3. The minimum Gasteiger partial charge on any atom is -0.309 e. The SMILES string of the molecule is CCCCCCCCn1ccc(NC(=O)C(CC2CCCC2)c2ccc(SC)c(Cl)c2)n1. The number of halogens is 1. The molecule has 2 aromatic rings. The van der Waals surface area contributed by atoms with Crippen molar-refractivity contribution in [1.82, 2.24) is 9.78 Å². The molecular formula is C26H38ClN3OS. The predicted octanol–water partition coefficient (Wildman–Crippen LogP) is 7.92. The van der Waals surface area contributed by atoms with Gasteiger partial charge in [-0.1, -0.05) is 82.4 Å². The van der Waals surface area contributed by atoms with Crippen LogP contribution in [0.15, 0.2) is 35.4 Å². The van der Waals surface area contributed by atoms with Gasteiger partial charge >= 0.3 is 0 Å². The average Bonchev–Trinajstić information content (AvgIpc) is 3.46. The van der Waals surface area contributed by atoms with E-state index in [0.717, 1.165) is 34.9 Å². The van der Waals surface area contributed by atoms with Crippen LogP contribution in [0.3, 0.4) is 0 Å². The first-order chi connectivity index (χ1) is 15.6. The second-order valence-corrected chi connectivity index (χ2v) is 10.3. The molecule has 6 heteroatoms. The number of amides is 1. The van der Waals surface area contributed by atoms with Gasteiger partial charge in [0.25, 0.3) is 0 Å². The molecule has 1 atom stereocenters. The highest BCUT2D eigenvalue weighted by Gasteiger charge is 2.27. The quantitative estimate of drug-likeness (QED) is 0.236. The van der Waals surface area contributed by atoms with E-state index < -0.39 is 0 Å². The average molecular weight is 476 g/mol. The van der Waals surface area contributed by atoms with Crippen LogP contribution in [0.4, 0.5) is 5.82 Å². The van der Waals surface area contributed by atoms with Gasteiger partial charge in [0.1, 0.15) is 0 Å². The number of hydrogen-bond donors (Lipinski definition) is 1. The van der Waals surface area contributed by atoms with Crippen molar-refractivity contribution in [3.05, 3.63) is 41.0 Å². The molecule has 1 saturated carbocycles. The summed E-state index contributed by atoms with van der Waals surface area (Å²) in [6.45, 7) is 3.14. The highest BCUT2D eigenvalue weighted by Crippen LogP contribution is 2.37. The summed E-state index contributed by atoms with van der Waals surface area (Å²) < 4.78 is 1.95. The molecular weight excluding hydrogens is 438 g/mol. The van der Waals surface area contributed by atoms with E-state index in [0.29, 0.717) is 11.7 Å². The van der Waals surface area contributed by atoms with Gasteiger partial charge in [-0.05, 0) is 42.7 Å². The van der Waals surface area contributed by atoms with E-state index in [-0.39, 0.29) is 11.8 Å². The van der Waals surface area contributed by atoms with E-state index in [1.165, 1.54) is 57.8 Å².